The lowest BCUT2D eigenvalue weighted by molar-refractivity contribution is -0.366. The van der Waals surface area contributed by atoms with E-state index in [9.17, 15) is 46.0 Å². The molecule has 0 radical (unpaired) electrons. The Kier molecular flexibility index (Phi) is 11.8. The van der Waals surface area contributed by atoms with Gasteiger partial charge < -0.3 is 79.1 Å². The maximum atomic E-state index is 10.9. The van der Waals surface area contributed by atoms with Crippen molar-refractivity contribution in [3.63, 3.8) is 0 Å². The van der Waals surface area contributed by atoms with Gasteiger partial charge in [0.15, 0.2) is 24.8 Å². The van der Waals surface area contributed by atoms with Crippen LogP contribution in [0.15, 0.2) is 0 Å². The van der Waals surface area contributed by atoms with E-state index in [0.717, 1.165) is 0 Å². The molecule has 3 aliphatic heterocycles. The summed E-state index contributed by atoms with van der Waals surface area (Å²) in [5.41, 5.74) is 0. The van der Waals surface area contributed by atoms with Gasteiger partial charge in [-0.2, -0.15) is 0 Å². The van der Waals surface area contributed by atoms with E-state index in [1.54, 1.807) is 6.92 Å². The molecule has 3 heterocycles. The van der Waals surface area contributed by atoms with Gasteiger partial charge in [0.2, 0.25) is 0 Å². The molecule has 0 spiro atoms. The molecule has 2 aliphatic carbocycles. The Balaban J connectivity index is 1.40. The topological polar surface area (TPSA) is 250 Å². The van der Waals surface area contributed by atoms with Crippen molar-refractivity contribution in [3.05, 3.63) is 0 Å². The van der Waals surface area contributed by atoms with Crippen LogP contribution in [0.2, 0.25) is 0 Å². The molecular weight excluding hydrogens is 604 g/mol. The van der Waals surface area contributed by atoms with Crippen LogP contribution < -0.4 is 0 Å². The molecule has 262 valence electrons. The van der Waals surface area contributed by atoms with Gasteiger partial charge in [0.25, 0.3) is 0 Å². The lowest BCUT2D eigenvalue weighted by Gasteiger charge is -2.50. The van der Waals surface area contributed by atoms with E-state index in [-0.39, 0.29) is 18.8 Å². The number of hydrogen-bond acceptors (Lipinski definition) is 15. The molecule has 5 rings (SSSR count). The quantitative estimate of drug-likeness (QED) is 0.112. The molecule has 0 aromatic carbocycles. The van der Waals surface area contributed by atoms with Gasteiger partial charge in [-0.15, -0.1) is 0 Å². The molecule has 45 heavy (non-hydrogen) atoms. The van der Waals surface area contributed by atoms with E-state index in [4.69, 9.17) is 33.2 Å². The van der Waals surface area contributed by atoms with Crippen LogP contribution in [0.1, 0.15) is 39.0 Å². The summed E-state index contributed by atoms with van der Waals surface area (Å²) in [7, 11) is 3.01. The molecule has 2 saturated carbocycles. The minimum Gasteiger partial charge on any atom is -0.427 e. The standard InChI is InChI=1S/C29H50O16/c1-10-20(32)23(35)25(37)28(41-10)44-18-8-13-14(42-27(18)11-4-16(39-2)21(33)17(5-11)40-3)6-12(31)7-15(13)43-29-26(38)24(36)22(34)19(9-30)45-29/h10-38H,4-9H2,1-3H3/p+1/t10-,11?,12?,13?,14?,15?,16?,17?,18?,19-,20-,21?,22-,23+,24+,25+,26-,27?,28+,29-/m1/s1. The lowest BCUT2D eigenvalue weighted by Crippen LogP contribution is -2.64. The first-order valence-corrected chi connectivity index (χ1v) is 15.8. The SMILES string of the molecule is COC1CC(C2[OH+]C3CC(O)CC(O[C@@H]4O[C@H](CO)[C@@H](O)[C@H](O)[C@H]4O)C3CC2O[C@@H]2O[C@H](C)[C@@H](O)[C@H](O)[C@@H]2O)CC(OC)C1O. The van der Waals surface area contributed by atoms with Gasteiger partial charge in [-0.3, -0.25) is 0 Å². The molecule has 5 aliphatic rings. The molecule has 0 bridgehead atoms. The van der Waals surface area contributed by atoms with Crippen LogP contribution in [0.5, 0.6) is 0 Å². The fourth-order valence-electron chi connectivity index (χ4n) is 7.77. The van der Waals surface area contributed by atoms with Crippen molar-refractivity contribution in [3.8, 4) is 0 Å². The Morgan fingerprint density at radius 3 is 1.80 bits per heavy atom. The summed E-state index contributed by atoms with van der Waals surface area (Å²) in [6.45, 7) is 0.928. The number of rotatable bonds is 8. The Morgan fingerprint density at radius 2 is 1.20 bits per heavy atom. The molecule has 18 atom stereocenters. The molecule has 16 nitrogen and oxygen atoms in total. The molecular formula is C29H51O16+. The van der Waals surface area contributed by atoms with Crippen molar-refractivity contribution >= 4 is 0 Å². The summed E-state index contributed by atoms with van der Waals surface area (Å²) in [5, 5.41) is 93.8. The molecule has 0 aromatic heterocycles. The van der Waals surface area contributed by atoms with Crippen LogP contribution in [-0.4, -0.2) is 182 Å². The Bertz CT molecular complexity index is 930. The zero-order chi connectivity index (χ0) is 32.7. The van der Waals surface area contributed by atoms with Crippen LogP contribution in [0.3, 0.4) is 0 Å². The minimum atomic E-state index is -1.64. The summed E-state index contributed by atoms with van der Waals surface area (Å²) >= 11 is 0. The van der Waals surface area contributed by atoms with Crippen molar-refractivity contribution in [2.45, 2.75) is 149 Å². The first kappa shape index (κ1) is 35.7. The highest BCUT2D eigenvalue weighted by Crippen LogP contribution is 2.44. The zero-order valence-electron chi connectivity index (χ0n) is 25.7. The molecule has 8 unspecified atom stereocenters. The minimum absolute atomic E-state index is 0.140. The highest BCUT2D eigenvalue weighted by atomic mass is 16.7. The van der Waals surface area contributed by atoms with E-state index in [1.807, 2.05) is 0 Å². The number of hydrogen-bond donors (Lipinski definition) is 9. The van der Waals surface area contributed by atoms with Crippen LogP contribution in [0, 0.1) is 11.8 Å². The van der Waals surface area contributed by atoms with E-state index in [0.29, 0.717) is 19.3 Å². The Morgan fingerprint density at radius 1 is 0.622 bits per heavy atom. The number of fused-ring (bicyclic) bond motifs is 1. The predicted octanol–water partition coefficient (Wildman–Crippen LogP) is -4.38. The van der Waals surface area contributed by atoms with Gasteiger partial charge in [0.05, 0.1) is 43.0 Å². The highest BCUT2D eigenvalue weighted by Gasteiger charge is 2.57. The second kappa shape index (κ2) is 14.9. The second-order valence-electron chi connectivity index (χ2n) is 13.2. The van der Waals surface area contributed by atoms with Crippen molar-refractivity contribution < 1.29 is 79.1 Å². The van der Waals surface area contributed by atoms with Crippen LogP contribution in [0.4, 0.5) is 0 Å². The maximum absolute atomic E-state index is 10.9. The van der Waals surface area contributed by atoms with Crippen molar-refractivity contribution in [2.24, 2.45) is 11.8 Å². The van der Waals surface area contributed by atoms with Crippen molar-refractivity contribution in [2.75, 3.05) is 20.8 Å². The van der Waals surface area contributed by atoms with Crippen LogP contribution in [-0.2, 0) is 28.4 Å². The first-order valence-electron chi connectivity index (χ1n) is 15.8. The first-order chi connectivity index (χ1) is 21.4. The summed E-state index contributed by atoms with van der Waals surface area (Å²) in [4.78, 5) is 0. The van der Waals surface area contributed by atoms with Gasteiger partial charge in [0, 0.05) is 33.0 Å². The molecule has 0 aromatic rings. The number of ether oxygens (including phenoxy) is 7. The molecule has 3 saturated heterocycles. The van der Waals surface area contributed by atoms with E-state index in [2.05, 4.69) is 0 Å². The van der Waals surface area contributed by atoms with Crippen molar-refractivity contribution in [1.29, 1.82) is 0 Å². The average molecular weight is 656 g/mol. The Hall–Kier alpha value is -0.640. The van der Waals surface area contributed by atoms with Crippen LogP contribution >= 0.6 is 0 Å². The number of aliphatic hydroxyl groups excluding tert-OH is 9. The fraction of sp³-hybridized carbons (Fsp3) is 1.00. The third kappa shape index (κ3) is 7.22. The number of methoxy groups -OCH3 is 2. The monoisotopic (exact) mass is 655 g/mol. The van der Waals surface area contributed by atoms with Crippen molar-refractivity contribution in [1.82, 2.24) is 0 Å². The normalized spacial score (nSPS) is 54.4. The van der Waals surface area contributed by atoms with E-state index in [1.165, 1.54) is 14.2 Å². The summed E-state index contributed by atoms with van der Waals surface area (Å²) in [6.07, 6.45) is -17.6. The highest BCUT2D eigenvalue weighted by molar-refractivity contribution is 5.01. The van der Waals surface area contributed by atoms with Gasteiger partial charge in [-0.25, -0.2) is 0 Å². The van der Waals surface area contributed by atoms with Gasteiger partial charge in [0.1, 0.15) is 54.9 Å². The lowest BCUT2D eigenvalue weighted by atomic mass is 9.72. The van der Waals surface area contributed by atoms with Gasteiger partial charge in [-0.1, -0.05) is 0 Å². The number of aliphatic hydroxyl groups is 11. The summed E-state index contributed by atoms with van der Waals surface area (Å²) in [6, 6.07) is 0. The van der Waals surface area contributed by atoms with E-state index >= 15 is 0 Å². The molecule has 16 heteroatoms. The third-order valence-electron chi connectivity index (χ3n) is 10.4. The van der Waals surface area contributed by atoms with Gasteiger partial charge >= 0.3 is 0 Å². The van der Waals surface area contributed by atoms with Gasteiger partial charge in [-0.05, 0) is 26.2 Å². The molecule has 5 fully saturated rings. The zero-order valence-corrected chi connectivity index (χ0v) is 25.7. The van der Waals surface area contributed by atoms with E-state index < -0.39 is 123 Å². The largest absolute Gasteiger partial charge is 0.427 e. The smallest absolute Gasteiger partial charge is 0.187 e. The molecule has 10 N–H and O–H groups in total. The van der Waals surface area contributed by atoms with Crippen LogP contribution in [0.25, 0.3) is 0 Å². The Labute approximate surface area is 261 Å². The fourth-order valence-corrected chi connectivity index (χ4v) is 7.77. The maximum Gasteiger partial charge on any atom is 0.187 e. The average Bonchev–Trinajstić information content (AvgIpc) is 3.02. The third-order valence-corrected chi connectivity index (χ3v) is 10.4. The second-order valence-corrected chi connectivity index (χ2v) is 13.2. The summed E-state index contributed by atoms with van der Waals surface area (Å²) in [5.74, 6) is -0.617. The summed E-state index contributed by atoms with van der Waals surface area (Å²) < 4.78 is 40.2. The molecule has 0 amide bonds. The predicted molar refractivity (Wildman–Crippen MR) is 149 cm³/mol.